The maximum absolute atomic E-state index is 12.4. The number of carbonyl (C=O) groups excluding carboxylic acids is 2. The molecule has 1 aliphatic carbocycles. The number of nitrogens with one attached hydrogen (secondary N) is 1. The van der Waals surface area contributed by atoms with Crippen molar-refractivity contribution in [3.8, 4) is 0 Å². The van der Waals surface area contributed by atoms with E-state index in [4.69, 9.17) is 9.47 Å². The largest absolute Gasteiger partial charge is 0.396 e. The van der Waals surface area contributed by atoms with Gasteiger partial charge in [-0.15, -0.1) is 0 Å². The van der Waals surface area contributed by atoms with Gasteiger partial charge in [-0.25, -0.2) is 0 Å². The maximum atomic E-state index is 12.4. The zero-order valence-electron chi connectivity index (χ0n) is 15.4. The molecule has 0 aromatic heterocycles. The van der Waals surface area contributed by atoms with Crippen molar-refractivity contribution in [3.63, 3.8) is 0 Å². The van der Waals surface area contributed by atoms with Crippen molar-refractivity contribution >= 4 is 11.7 Å². The highest BCUT2D eigenvalue weighted by Gasteiger charge is 2.29. The van der Waals surface area contributed by atoms with Crippen molar-refractivity contribution < 1.29 is 24.2 Å². The standard InChI is InChI=1S/C18H33NO5/c1-12-14(7-5-6-8-16(12)21)10-19-18(22)13(2)15(11-20)9-17(23-3)24-4/h12-15,17,20H,5-11H2,1-4H3,(H,19,22)/t12?,13-,14+,15-/m1/s1. The summed E-state index contributed by atoms with van der Waals surface area (Å²) in [4.78, 5) is 24.4. The summed E-state index contributed by atoms with van der Waals surface area (Å²) in [7, 11) is 3.08. The van der Waals surface area contributed by atoms with Crippen LogP contribution < -0.4 is 5.32 Å². The molecule has 0 aromatic rings. The molecule has 6 heteroatoms. The first-order valence-electron chi connectivity index (χ1n) is 8.91. The number of aliphatic hydroxyl groups excluding tert-OH is 1. The Balaban J connectivity index is 2.53. The quantitative estimate of drug-likeness (QED) is 0.492. The van der Waals surface area contributed by atoms with Crippen LogP contribution in [0.4, 0.5) is 0 Å². The van der Waals surface area contributed by atoms with Crippen molar-refractivity contribution in [1.82, 2.24) is 5.32 Å². The number of aliphatic hydroxyl groups is 1. The van der Waals surface area contributed by atoms with Crippen LogP contribution in [0.15, 0.2) is 0 Å². The van der Waals surface area contributed by atoms with Crippen molar-refractivity contribution in [2.75, 3.05) is 27.4 Å². The average molecular weight is 343 g/mol. The van der Waals surface area contributed by atoms with E-state index in [-0.39, 0.29) is 36.2 Å². The number of carbonyl (C=O) groups is 2. The highest BCUT2D eigenvalue weighted by Crippen LogP contribution is 2.26. The van der Waals surface area contributed by atoms with Gasteiger partial charge in [0.05, 0.1) is 0 Å². The Morgan fingerprint density at radius 1 is 1.33 bits per heavy atom. The number of ether oxygens (including phenoxy) is 2. The molecule has 1 aliphatic rings. The summed E-state index contributed by atoms with van der Waals surface area (Å²) < 4.78 is 10.3. The summed E-state index contributed by atoms with van der Waals surface area (Å²) >= 11 is 0. The first-order valence-corrected chi connectivity index (χ1v) is 8.91. The van der Waals surface area contributed by atoms with Crippen molar-refractivity contribution in [3.05, 3.63) is 0 Å². The SMILES string of the molecule is COC(C[C@H](CO)[C@@H](C)C(=O)NC[C@@H]1CCCCC(=O)C1C)OC. The molecule has 1 fully saturated rings. The fourth-order valence-electron chi connectivity index (χ4n) is 3.30. The molecule has 1 rings (SSSR count). The fraction of sp³-hybridized carbons (Fsp3) is 0.889. The molecule has 4 atom stereocenters. The van der Waals surface area contributed by atoms with E-state index in [0.717, 1.165) is 19.3 Å². The topological polar surface area (TPSA) is 84.9 Å². The van der Waals surface area contributed by atoms with Crippen LogP contribution in [0.25, 0.3) is 0 Å². The molecule has 1 amide bonds. The fourth-order valence-corrected chi connectivity index (χ4v) is 3.30. The van der Waals surface area contributed by atoms with Crippen molar-refractivity contribution in [2.24, 2.45) is 23.7 Å². The number of rotatable bonds is 9. The Labute approximate surface area is 145 Å². The third-order valence-corrected chi connectivity index (χ3v) is 5.38. The number of Topliss-reactive ketones (excluding diaryl/α,β-unsaturated/α-hetero) is 1. The van der Waals surface area contributed by atoms with E-state index in [2.05, 4.69) is 5.32 Å². The van der Waals surface area contributed by atoms with Crippen LogP contribution in [0, 0.1) is 23.7 Å². The van der Waals surface area contributed by atoms with Crippen LogP contribution in [-0.2, 0) is 19.1 Å². The molecule has 1 unspecified atom stereocenters. The molecular weight excluding hydrogens is 310 g/mol. The maximum Gasteiger partial charge on any atom is 0.223 e. The van der Waals surface area contributed by atoms with Gasteiger partial charge in [-0.1, -0.05) is 20.3 Å². The predicted octanol–water partition coefficient (Wildman–Crippen LogP) is 1.75. The zero-order chi connectivity index (χ0) is 18.1. The molecular formula is C18H33NO5. The van der Waals surface area contributed by atoms with Gasteiger partial charge in [-0.3, -0.25) is 9.59 Å². The van der Waals surface area contributed by atoms with Gasteiger partial charge in [-0.2, -0.15) is 0 Å². The molecule has 0 spiro atoms. The average Bonchev–Trinajstić information content (AvgIpc) is 2.75. The van der Waals surface area contributed by atoms with E-state index < -0.39 is 6.29 Å². The lowest BCUT2D eigenvalue weighted by molar-refractivity contribution is -0.135. The van der Waals surface area contributed by atoms with Crippen LogP contribution in [0.3, 0.4) is 0 Å². The molecule has 0 aliphatic heterocycles. The first kappa shape index (κ1) is 21.1. The Bertz CT molecular complexity index is 397. The lowest BCUT2D eigenvalue weighted by Gasteiger charge is -2.26. The summed E-state index contributed by atoms with van der Waals surface area (Å²) in [5.74, 6) is -0.167. The van der Waals surface area contributed by atoms with Crippen LogP contribution in [0.5, 0.6) is 0 Å². The normalized spacial score (nSPS) is 24.5. The second-order valence-corrected chi connectivity index (χ2v) is 6.87. The minimum absolute atomic E-state index is 0.00288. The summed E-state index contributed by atoms with van der Waals surface area (Å²) in [6, 6.07) is 0. The van der Waals surface area contributed by atoms with Gasteiger partial charge in [-0.05, 0) is 24.7 Å². The molecule has 0 saturated heterocycles. The summed E-state index contributed by atoms with van der Waals surface area (Å²) in [5, 5.41) is 12.6. The number of amides is 1. The van der Waals surface area contributed by atoms with Gasteiger partial charge >= 0.3 is 0 Å². The molecule has 0 bridgehead atoms. The third-order valence-electron chi connectivity index (χ3n) is 5.38. The monoisotopic (exact) mass is 343 g/mol. The van der Waals surface area contributed by atoms with Crippen LogP contribution in [0.2, 0.25) is 0 Å². The van der Waals surface area contributed by atoms with Crippen LogP contribution in [-0.4, -0.2) is 50.5 Å². The minimum atomic E-state index is -0.433. The Hall–Kier alpha value is -0.980. The van der Waals surface area contributed by atoms with E-state index in [0.29, 0.717) is 25.2 Å². The summed E-state index contributed by atoms with van der Waals surface area (Å²) in [6.07, 6.45) is 3.64. The molecule has 140 valence electrons. The van der Waals surface area contributed by atoms with E-state index in [1.807, 2.05) is 6.92 Å². The molecule has 6 nitrogen and oxygen atoms in total. The lowest BCUT2D eigenvalue weighted by Crippen LogP contribution is -2.40. The van der Waals surface area contributed by atoms with E-state index >= 15 is 0 Å². The van der Waals surface area contributed by atoms with Gasteiger partial charge in [0.1, 0.15) is 5.78 Å². The van der Waals surface area contributed by atoms with Gasteiger partial charge in [0.2, 0.25) is 5.91 Å². The van der Waals surface area contributed by atoms with Gasteiger partial charge < -0.3 is 19.9 Å². The van der Waals surface area contributed by atoms with Crippen molar-refractivity contribution in [1.29, 1.82) is 0 Å². The summed E-state index contributed by atoms with van der Waals surface area (Å²) in [6.45, 7) is 4.19. The molecule has 1 saturated carbocycles. The Morgan fingerprint density at radius 2 is 2.00 bits per heavy atom. The van der Waals surface area contributed by atoms with Crippen molar-refractivity contribution in [2.45, 2.75) is 52.2 Å². The zero-order valence-corrected chi connectivity index (χ0v) is 15.4. The molecule has 0 radical (unpaired) electrons. The molecule has 0 heterocycles. The predicted molar refractivity (Wildman–Crippen MR) is 91.3 cm³/mol. The van der Waals surface area contributed by atoms with E-state index in [1.54, 1.807) is 6.92 Å². The van der Waals surface area contributed by atoms with Gasteiger partial charge in [0.25, 0.3) is 0 Å². The Kier molecular flexibility index (Phi) is 9.48. The van der Waals surface area contributed by atoms with Gasteiger partial charge in [0, 0.05) is 52.0 Å². The second kappa shape index (κ2) is 10.8. The van der Waals surface area contributed by atoms with Crippen LogP contribution >= 0.6 is 0 Å². The number of hydrogen-bond acceptors (Lipinski definition) is 5. The third kappa shape index (κ3) is 6.15. The van der Waals surface area contributed by atoms with E-state index in [1.165, 1.54) is 14.2 Å². The molecule has 0 aromatic carbocycles. The molecule has 24 heavy (non-hydrogen) atoms. The number of ketones is 1. The smallest absolute Gasteiger partial charge is 0.223 e. The number of hydrogen-bond donors (Lipinski definition) is 2. The highest BCUT2D eigenvalue weighted by molar-refractivity contribution is 5.81. The minimum Gasteiger partial charge on any atom is -0.396 e. The highest BCUT2D eigenvalue weighted by atomic mass is 16.7. The first-order chi connectivity index (χ1) is 11.4. The van der Waals surface area contributed by atoms with Crippen LogP contribution in [0.1, 0.15) is 46.0 Å². The van der Waals surface area contributed by atoms with Gasteiger partial charge in [0.15, 0.2) is 6.29 Å². The van der Waals surface area contributed by atoms with E-state index in [9.17, 15) is 14.7 Å². The summed E-state index contributed by atoms with van der Waals surface area (Å²) in [5.41, 5.74) is 0. The lowest BCUT2D eigenvalue weighted by atomic mass is 9.87. The Morgan fingerprint density at radius 3 is 2.58 bits per heavy atom. The number of methoxy groups -OCH3 is 2. The molecule has 2 N–H and O–H groups in total. The second-order valence-electron chi connectivity index (χ2n) is 6.87.